The van der Waals surface area contributed by atoms with Crippen molar-refractivity contribution in [1.29, 1.82) is 0 Å². The number of carbonyl (C=O) groups excluding carboxylic acids is 2. The lowest BCUT2D eigenvalue weighted by Crippen LogP contribution is -2.46. The zero-order chi connectivity index (χ0) is 13.9. The van der Waals surface area contributed by atoms with E-state index in [1.165, 1.54) is 0 Å². The summed E-state index contributed by atoms with van der Waals surface area (Å²) < 4.78 is 0. The van der Waals surface area contributed by atoms with Crippen molar-refractivity contribution in [2.45, 2.75) is 19.3 Å². The van der Waals surface area contributed by atoms with E-state index < -0.39 is 0 Å². The molecule has 0 spiro atoms. The molecule has 1 fully saturated rings. The molecule has 106 valence electrons. The number of anilines is 1. The number of nitrogens with zero attached hydrogens (tertiary/aromatic N) is 1. The van der Waals surface area contributed by atoms with Gasteiger partial charge in [0.15, 0.2) is 0 Å². The minimum Gasteiger partial charge on any atom is -0.340 e. The molecule has 5 nitrogen and oxygen atoms in total. The fourth-order valence-electron chi connectivity index (χ4n) is 2.75. The summed E-state index contributed by atoms with van der Waals surface area (Å²) in [7, 11) is 0. The SMILES string of the molecule is O=C1CCc2cc(CC(=O)N3CCNCC3)ccc2N1. The Morgan fingerprint density at radius 2 is 2.00 bits per heavy atom. The van der Waals surface area contributed by atoms with Crippen molar-refractivity contribution in [3.8, 4) is 0 Å². The highest BCUT2D eigenvalue weighted by atomic mass is 16.2. The van der Waals surface area contributed by atoms with Gasteiger partial charge >= 0.3 is 0 Å². The second-order valence-corrected chi connectivity index (χ2v) is 5.35. The average molecular weight is 273 g/mol. The maximum Gasteiger partial charge on any atom is 0.227 e. The molecule has 0 atom stereocenters. The van der Waals surface area contributed by atoms with Crippen molar-refractivity contribution in [3.63, 3.8) is 0 Å². The minimum absolute atomic E-state index is 0.0714. The Bertz CT molecular complexity index is 536. The van der Waals surface area contributed by atoms with Gasteiger partial charge in [0, 0.05) is 38.3 Å². The highest BCUT2D eigenvalue weighted by Crippen LogP contribution is 2.23. The van der Waals surface area contributed by atoms with Gasteiger partial charge < -0.3 is 15.5 Å². The summed E-state index contributed by atoms with van der Waals surface area (Å²) in [5, 5.41) is 6.11. The van der Waals surface area contributed by atoms with Gasteiger partial charge in [-0.25, -0.2) is 0 Å². The first kappa shape index (κ1) is 13.1. The maximum atomic E-state index is 12.2. The molecule has 0 radical (unpaired) electrons. The molecule has 2 aliphatic rings. The Morgan fingerprint density at radius 3 is 2.80 bits per heavy atom. The van der Waals surface area contributed by atoms with Crippen LogP contribution < -0.4 is 10.6 Å². The van der Waals surface area contributed by atoms with Crippen molar-refractivity contribution in [1.82, 2.24) is 10.2 Å². The molecular formula is C15H19N3O2. The number of benzene rings is 1. The average Bonchev–Trinajstić information content (AvgIpc) is 2.48. The Kier molecular flexibility index (Phi) is 3.69. The first-order valence-corrected chi connectivity index (χ1v) is 7.12. The first-order valence-electron chi connectivity index (χ1n) is 7.12. The Morgan fingerprint density at radius 1 is 1.20 bits per heavy atom. The fourth-order valence-corrected chi connectivity index (χ4v) is 2.75. The third kappa shape index (κ3) is 2.82. The molecule has 20 heavy (non-hydrogen) atoms. The molecule has 0 unspecified atom stereocenters. The molecule has 2 aliphatic heterocycles. The summed E-state index contributed by atoms with van der Waals surface area (Å²) in [5.41, 5.74) is 3.05. The number of aryl methyl sites for hydroxylation is 1. The van der Waals surface area contributed by atoms with Gasteiger partial charge in [0.05, 0.1) is 6.42 Å². The van der Waals surface area contributed by atoms with E-state index in [-0.39, 0.29) is 11.8 Å². The molecule has 0 aliphatic carbocycles. The predicted molar refractivity (Wildman–Crippen MR) is 76.5 cm³/mol. The molecule has 1 aromatic rings. The van der Waals surface area contributed by atoms with E-state index in [2.05, 4.69) is 16.7 Å². The van der Waals surface area contributed by atoms with Crippen LogP contribution >= 0.6 is 0 Å². The Labute approximate surface area is 118 Å². The molecule has 1 aromatic carbocycles. The topological polar surface area (TPSA) is 61.4 Å². The zero-order valence-electron chi connectivity index (χ0n) is 11.4. The molecule has 2 N–H and O–H groups in total. The molecule has 0 bridgehead atoms. The second kappa shape index (κ2) is 5.63. The Hall–Kier alpha value is -1.88. The highest BCUT2D eigenvalue weighted by molar-refractivity contribution is 5.94. The summed E-state index contributed by atoms with van der Waals surface area (Å²) in [6.07, 6.45) is 1.74. The number of hydrogen-bond acceptors (Lipinski definition) is 3. The first-order chi connectivity index (χ1) is 9.72. The van der Waals surface area contributed by atoms with E-state index >= 15 is 0 Å². The lowest BCUT2D eigenvalue weighted by atomic mass is 9.99. The molecule has 2 heterocycles. The van der Waals surface area contributed by atoms with Crippen LogP contribution in [-0.2, 0) is 22.4 Å². The summed E-state index contributed by atoms with van der Waals surface area (Å²) in [6, 6.07) is 5.90. The van der Waals surface area contributed by atoms with Crippen LogP contribution in [0.5, 0.6) is 0 Å². The third-order valence-electron chi connectivity index (χ3n) is 3.89. The van der Waals surface area contributed by atoms with Gasteiger partial charge in [-0.3, -0.25) is 9.59 Å². The van der Waals surface area contributed by atoms with E-state index in [9.17, 15) is 9.59 Å². The largest absolute Gasteiger partial charge is 0.340 e. The highest BCUT2D eigenvalue weighted by Gasteiger charge is 2.18. The summed E-state index contributed by atoms with van der Waals surface area (Å²) >= 11 is 0. The quantitative estimate of drug-likeness (QED) is 0.827. The van der Waals surface area contributed by atoms with Crippen molar-refractivity contribution in [3.05, 3.63) is 29.3 Å². The fraction of sp³-hybridized carbons (Fsp3) is 0.467. The second-order valence-electron chi connectivity index (χ2n) is 5.35. The maximum absolute atomic E-state index is 12.2. The van der Waals surface area contributed by atoms with Crippen LogP contribution in [0, 0.1) is 0 Å². The van der Waals surface area contributed by atoms with Gasteiger partial charge in [-0.15, -0.1) is 0 Å². The minimum atomic E-state index is 0.0714. The van der Waals surface area contributed by atoms with E-state index in [1.807, 2.05) is 17.0 Å². The smallest absolute Gasteiger partial charge is 0.227 e. The number of nitrogens with one attached hydrogen (secondary N) is 2. The predicted octanol–water partition coefficient (Wildman–Crippen LogP) is 0.546. The summed E-state index contributed by atoms with van der Waals surface area (Å²) in [5.74, 6) is 0.258. The van der Waals surface area contributed by atoms with Crippen LogP contribution in [0.3, 0.4) is 0 Å². The van der Waals surface area contributed by atoms with Gasteiger partial charge in [0.1, 0.15) is 0 Å². The number of rotatable bonds is 2. The lowest BCUT2D eigenvalue weighted by Gasteiger charge is -2.27. The Balaban J connectivity index is 1.68. The van der Waals surface area contributed by atoms with Crippen LogP contribution in [0.25, 0.3) is 0 Å². The van der Waals surface area contributed by atoms with Gasteiger partial charge in [-0.05, 0) is 23.6 Å². The molecule has 5 heteroatoms. The third-order valence-corrected chi connectivity index (χ3v) is 3.89. The molecule has 0 saturated carbocycles. The zero-order valence-corrected chi connectivity index (χ0v) is 11.4. The van der Waals surface area contributed by atoms with E-state index in [0.717, 1.165) is 49.4 Å². The van der Waals surface area contributed by atoms with Gasteiger partial charge in [-0.2, -0.15) is 0 Å². The van der Waals surface area contributed by atoms with Gasteiger partial charge in [0.2, 0.25) is 11.8 Å². The lowest BCUT2D eigenvalue weighted by molar-refractivity contribution is -0.131. The standard InChI is InChI=1S/C15H19N3O2/c19-14-4-2-12-9-11(1-3-13(12)17-14)10-15(20)18-7-5-16-6-8-18/h1,3,9,16H,2,4-8,10H2,(H,17,19). The molecule has 0 aromatic heterocycles. The van der Waals surface area contributed by atoms with E-state index in [1.54, 1.807) is 0 Å². The van der Waals surface area contributed by atoms with Crippen LogP contribution in [0.2, 0.25) is 0 Å². The van der Waals surface area contributed by atoms with Gasteiger partial charge in [-0.1, -0.05) is 12.1 Å². The normalized spacial score (nSPS) is 18.4. The van der Waals surface area contributed by atoms with E-state index in [4.69, 9.17) is 0 Å². The summed E-state index contributed by atoms with van der Waals surface area (Å²) in [6.45, 7) is 3.34. The number of piperazine rings is 1. The van der Waals surface area contributed by atoms with Crippen molar-refractivity contribution in [2.24, 2.45) is 0 Å². The van der Waals surface area contributed by atoms with Crippen LogP contribution in [-0.4, -0.2) is 42.9 Å². The number of carbonyl (C=O) groups is 2. The van der Waals surface area contributed by atoms with Crippen molar-refractivity contribution < 1.29 is 9.59 Å². The monoisotopic (exact) mass is 273 g/mol. The number of hydrogen-bond donors (Lipinski definition) is 2. The van der Waals surface area contributed by atoms with Gasteiger partial charge in [0.25, 0.3) is 0 Å². The van der Waals surface area contributed by atoms with Crippen LogP contribution in [0.15, 0.2) is 18.2 Å². The number of amides is 2. The molecule has 1 saturated heterocycles. The van der Waals surface area contributed by atoms with Crippen molar-refractivity contribution in [2.75, 3.05) is 31.5 Å². The molecular weight excluding hydrogens is 254 g/mol. The van der Waals surface area contributed by atoms with Crippen molar-refractivity contribution >= 4 is 17.5 Å². The van der Waals surface area contributed by atoms with Crippen LogP contribution in [0.1, 0.15) is 17.5 Å². The molecule has 3 rings (SSSR count). The number of fused-ring (bicyclic) bond motifs is 1. The molecule has 2 amide bonds. The summed E-state index contributed by atoms with van der Waals surface area (Å²) in [4.78, 5) is 25.4. The van der Waals surface area contributed by atoms with Crippen LogP contribution in [0.4, 0.5) is 5.69 Å². The van der Waals surface area contributed by atoms with E-state index in [0.29, 0.717) is 12.8 Å².